The average molecular weight is 1870 g/mol. The Kier molecular flexibility index (Phi) is 47.2. The van der Waals surface area contributed by atoms with Crippen LogP contribution >= 0.6 is 93.9 Å². The van der Waals surface area contributed by atoms with Crippen LogP contribution in [0.3, 0.4) is 0 Å². The molecule has 4 heterocycles. The molecule has 4 rings (SSSR count). The zero-order chi connectivity index (χ0) is 82.2. The minimum Gasteiger partial charge on any atom is -0.756 e. The molecular weight excluding hydrogens is 1800 g/mol. The summed E-state index contributed by atoms with van der Waals surface area (Å²) in [7, 11) is -67.5. The van der Waals surface area contributed by atoms with Gasteiger partial charge < -0.3 is 198 Å². The molecule has 0 saturated carbocycles. The molecule has 4 saturated heterocycles. The van der Waals surface area contributed by atoms with Crippen LogP contribution in [0.25, 0.3) is 0 Å². The van der Waals surface area contributed by atoms with E-state index in [4.69, 9.17) is 83.4 Å². The molecule has 4 fully saturated rings. The molecule has 0 amide bonds. The maximum absolute atomic E-state index is 11.8. The standard InChI is InChI=1S/4C7H17O16P3.3Na/c4*1-19-6-7(11,5(10)4(9)3(2-8)20-6)21-25(15,16)23-26(17,18)22-24(12,13)14;;;/h4*3-6,8-11H,2H2,1H3,(H,15,16)(H,17,18)(H2,12,13,14);;;/q;;;;3*+1/p-3/t4*3-,4+,5+,6-,7+;;;/m1111.../s1. The molecular formula is C28H65Na3O64P12. The first kappa shape index (κ1) is 115. The van der Waals surface area contributed by atoms with E-state index in [1.165, 1.54) is 0 Å². The number of hydrogen-bond acceptors (Lipinski definition) is 51. The van der Waals surface area contributed by atoms with Gasteiger partial charge in [0.1, 0.15) is 73.2 Å². The minimum absolute atomic E-state index is 0. The minimum atomic E-state index is -6.14. The molecule has 28 atom stereocenters. The quantitative estimate of drug-likeness (QED) is 0.0169. The van der Waals surface area contributed by atoms with Gasteiger partial charge in [0.25, 0.3) is 46.6 Å². The summed E-state index contributed by atoms with van der Waals surface area (Å²) in [5, 5.41) is 155. The van der Waals surface area contributed by atoms with E-state index < -0.39 is 242 Å². The molecule has 8 unspecified atom stereocenters. The summed E-state index contributed by atoms with van der Waals surface area (Å²) in [6, 6.07) is 0. The van der Waals surface area contributed by atoms with Gasteiger partial charge in [-0.05, 0) is 0 Å². The molecule has 107 heavy (non-hydrogen) atoms. The molecule has 29 N–H and O–H groups in total. The fourth-order valence-electron chi connectivity index (χ4n) is 7.49. The average Bonchev–Trinajstić information content (AvgIpc) is 0.777. The molecule has 0 aromatic carbocycles. The Morgan fingerprint density at radius 1 is 0.290 bits per heavy atom. The van der Waals surface area contributed by atoms with Gasteiger partial charge in [0.15, 0.2) is 0 Å². The van der Waals surface area contributed by atoms with Gasteiger partial charge in [0.05, 0.1) is 26.4 Å². The van der Waals surface area contributed by atoms with Crippen molar-refractivity contribution < 1.29 is 394 Å². The van der Waals surface area contributed by atoms with E-state index in [0.29, 0.717) is 0 Å². The molecule has 0 radical (unpaired) electrons. The van der Waals surface area contributed by atoms with Crippen LogP contribution in [0.4, 0.5) is 0 Å². The Hall–Kier alpha value is 3.68. The number of hydrogen-bond donors (Lipinski definition) is 29. The van der Waals surface area contributed by atoms with Crippen LogP contribution in [-0.4, -0.2) is 322 Å². The molecule has 0 bridgehead atoms. The van der Waals surface area contributed by atoms with Crippen molar-refractivity contribution in [2.45, 2.75) is 122 Å². The van der Waals surface area contributed by atoms with E-state index in [9.17, 15) is 150 Å². The van der Waals surface area contributed by atoms with Gasteiger partial charge in [-0.15, -0.1) is 0 Å². The Morgan fingerprint density at radius 2 is 0.449 bits per heavy atom. The largest absolute Gasteiger partial charge is 1.00 e. The first-order chi connectivity index (χ1) is 46.3. The van der Waals surface area contributed by atoms with E-state index in [-0.39, 0.29) is 88.7 Å². The fourth-order valence-corrected chi connectivity index (χ4v) is 20.1. The Bertz CT molecular complexity index is 2960. The number of rotatable bonds is 32. The van der Waals surface area contributed by atoms with Crippen LogP contribution in [0, 0.1) is 0 Å². The zero-order valence-electron chi connectivity index (χ0n) is 53.7. The van der Waals surface area contributed by atoms with Gasteiger partial charge in [-0.2, -0.15) is 8.62 Å². The summed E-state index contributed by atoms with van der Waals surface area (Å²) >= 11 is 0. The third kappa shape index (κ3) is 36.1. The van der Waals surface area contributed by atoms with Crippen LogP contribution in [0.2, 0.25) is 0 Å². The number of ether oxygens (including phenoxy) is 8. The van der Waals surface area contributed by atoms with Crippen LogP contribution in [0.1, 0.15) is 0 Å². The molecule has 4 aliphatic rings. The van der Waals surface area contributed by atoms with Crippen molar-refractivity contribution in [1.82, 2.24) is 0 Å². The van der Waals surface area contributed by atoms with Crippen molar-refractivity contribution in [1.29, 1.82) is 0 Å². The third-order valence-electron chi connectivity index (χ3n) is 11.3. The molecule has 64 nitrogen and oxygen atoms in total. The summed E-state index contributed by atoms with van der Waals surface area (Å²) in [6.45, 7) is -3.52. The third-order valence-corrected chi connectivity index (χ3v) is 26.6. The number of phosphoric acid groups is 12. The second kappa shape index (κ2) is 44.0. The number of phosphoric ester groups is 4. The van der Waals surface area contributed by atoms with E-state index in [0.717, 1.165) is 28.4 Å². The molecule has 0 aromatic heterocycles. The molecule has 0 spiro atoms. The number of aliphatic hydroxyl groups excluding tert-OH is 12. The van der Waals surface area contributed by atoms with Gasteiger partial charge in [-0.1, -0.05) is 0 Å². The van der Waals surface area contributed by atoms with Gasteiger partial charge in [0.2, 0.25) is 25.2 Å². The van der Waals surface area contributed by atoms with Crippen LogP contribution < -0.4 is 103 Å². The Morgan fingerprint density at radius 3 is 0.589 bits per heavy atom. The molecule has 0 aliphatic carbocycles. The molecule has 4 aliphatic heterocycles. The summed E-state index contributed by atoms with van der Waals surface area (Å²) in [4.78, 5) is 147. The van der Waals surface area contributed by atoms with Crippen molar-refractivity contribution in [2.24, 2.45) is 0 Å². The van der Waals surface area contributed by atoms with E-state index in [1.54, 1.807) is 0 Å². The van der Waals surface area contributed by atoms with Crippen molar-refractivity contribution in [3.63, 3.8) is 0 Å². The Labute approximate surface area is 659 Å². The van der Waals surface area contributed by atoms with Crippen molar-refractivity contribution >= 4 is 93.9 Å². The van der Waals surface area contributed by atoms with Crippen molar-refractivity contribution in [2.75, 3.05) is 54.9 Å². The maximum atomic E-state index is 11.8. The van der Waals surface area contributed by atoms with Gasteiger partial charge in [-0.3, -0.25) is 13.7 Å². The monoisotopic (exact) mass is 1870 g/mol. The predicted molar refractivity (Wildman–Crippen MR) is 292 cm³/mol. The maximum Gasteiger partial charge on any atom is 1.00 e. The smallest absolute Gasteiger partial charge is 0.756 e. The normalized spacial score (nSPS) is 36.7. The molecule has 0 aromatic rings. The first-order valence-corrected chi connectivity index (χ1v) is 43.1. The second-order valence-corrected chi connectivity index (χ2v) is 36.4. The summed E-state index contributed by atoms with van der Waals surface area (Å²) in [5.41, 5.74) is 0. The van der Waals surface area contributed by atoms with E-state index in [2.05, 4.69) is 71.5 Å². The summed E-state index contributed by atoms with van der Waals surface area (Å²) in [5.74, 6) is -13.6. The fraction of sp³-hybridized carbons (Fsp3) is 1.00. The first-order valence-electron chi connectivity index (χ1n) is 25.1. The number of aliphatic hydroxyl groups is 16. The van der Waals surface area contributed by atoms with Gasteiger partial charge in [-0.25, -0.2) is 85.0 Å². The Balaban J connectivity index is -0.00000134. The number of methoxy groups -OCH3 is 4. The van der Waals surface area contributed by atoms with Crippen LogP contribution in [-0.2, 0) is 145 Å². The summed E-state index contributed by atoms with van der Waals surface area (Å²) in [6.07, 6.45) is -32.9. The van der Waals surface area contributed by atoms with E-state index >= 15 is 0 Å². The van der Waals surface area contributed by atoms with Crippen LogP contribution in [0.15, 0.2) is 0 Å². The van der Waals surface area contributed by atoms with Crippen molar-refractivity contribution in [3.8, 4) is 0 Å². The topological polar surface area (TPSA) is 1050 Å². The zero-order valence-corrected chi connectivity index (χ0v) is 70.4. The predicted octanol–water partition coefficient (Wildman–Crippen LogP) is -22.5. The van der Waals surface area contributed by atoms with Gasteiger partial charge >= 0.3 is 159 Å². The molecule has 79 heteroatoms. The summed E-state index contributed by atoms with van der Waals surface area (Å²) < 4.78 is 214. The van der Waals surface area contributed by atoms with Gasteiger partial charge in [0, 0.05) is 28.4 Å². The van der Waals surface area contributed by atoms with Crippen molar-refractivity contribution in [3.05, 3.63) is 0 Å². The molecule has 624 valence electrons. The SMILES string of the molecule is CO[C@@H]1O[C@H](CO)[C@H](O)[C@H](O)[C@]1(O)OP(=O)(O)OP(=O)(O)OP(=O)(O)O.CO[C@@H]1O[C@H](CO)[C@H](O)[C@H](O)[C@]1(O)OP(=O)(O)OP(=O)([O-])OP(=O)(O)O.CO[C@@H]1O[C@H](CO)[C@H](O)[C@H](O)[C@]1(O)OP(=O)(O)OP(=O)([O-])OP(=O)(O)O.CO[C@@H]1O[C@H](CO)[C@H](O)[C@H](O)[C@]1(O)OP(=O)(O)OP(=O)([O-])OP(=O)(O)O.[Na+].[Na+].[Na+]. The van der Waals surface area contributed by atoms with E-state index in [1.807, 2.05) is 0 Å². The second-order valence-electron chi connectivity index (χ2n) is 19.1. The van der Waals surface area contributed by atoms with Crippen LogP contribution in [0.5, 0.6) is 0 Å².